The van der Waals surface area contributed by atoms with Crippen LogP contribution in [-0.4, -0.2) is 41.1 Å². The van der Waals surface area contributed by atoms with Crippen LogP contribution < -0.4 is 5.32 Å². The van der Waals surface area contributed by atoms with Crippen LogP contribution in [-0.2, 0) is 4.79 Å². The number of nitrogens with one attached hydrogen (secondary N) is 1. The fraction of sp³-hybridized carbons (Fsp3) is 0.857. The Bertz CT molecular complexity index is 318. The molecule has 1 rings (SSSR count). The first-order valence-corrected chi connectivity index (χ1v) is 7.17. The van der Waals surface area contributed by atoms with Crippen LogP contribution in [0.2, 0.25) is 0 Å². The van der Waals surface area contributed by atoms with Crippen molar-refractivity contribution in [3.8, 4) is 0 Å². The summed E-state index contributed by atoms with van der Waals surface area (Å²) in [6, 6.07) is -0.452. The minimum absolute atomic E-state index is 0.0335. The van der Waals surface area contributed by atoms with Crippen LogP contribution in [0.25, 0.3) is 0 Å². The van der Waals surface area contributed by atoms with Gasteiger partial charge in [-0.3, -0.25) is 4.79 Å². The summed E-state index contributed by atoms with van der Waals surface area (Å²) in [6.07, 6.45) is 3.21. The Kier molecular flexibility index (Phi) is 6.12. The molecule has 2 unspecified atom stereocenters. The molecule has 0 bridgehead atoms. The molecule has 1 heterocycles. The first kappa shape index (κ1) is 15.8. The summed E-state index contributed by atoms with van der Waals surface area (Å²) in [5, 5.41) is 11.4. The SMILES string of the molecule is CC(CC(=O)O)NC(=O)N1CCCC(C(C)C)CC1. The van der Waals surface area contributed by atoms with E-state index in [0.717, 1.165) is 25.9 Å². The minimum Gasteiger partial charge on any atom is -0.481 e. The number of carbonyl (C=O) groups is 2. The largest absolute Gasteiger partial charge is 0.481 e. The summed E-state index contributed by atoms with van der Waals surface area (Å²) in [5.74, 6) is 0.465. The van der Waals surface area contributed by atoms with Crippen molar-refractivity contribution in [3.63, 3.8) is 0 Å². The number of likely N-dealkylation sites (tertiary alicyclic amines) is 1. The second-order valence-electron chi connectivity index (χ2n) is 5.87. The Morgan fingerprint density at radius 1 is 1.26 bits per heavy atom. The lowest BCUT2D eigenvalue weighted by molar-refractivity contribution is -0.137. The van der Waals surface area contributed by atoms with Crippen LogP contribution in [0.15, 0.2) is 0 Å². The third-order valence-corrected chi connectivity index (χ3v) is 3.85. The van der Waals surface area contributed by atoms with Gasteiger partial charge in [0, 0.05) is 19.1 Å². The molecule has 0 radical (unpaired) electrons. The summed E-state index contributed by atoms with van der Waals surface area (Å²) >= 11 is 0. The van der Waals surface area contributed by atoms with Gasteiger partial charge >= 0.3 is 12.0 Å². The topological polar surface area (TPSA) is 69.6 Å². The van der Waals surface area contributed by atoms with Crippen LogP contribution in [0.4, 0.5) is 4.79 Å². The van der Waals surface area contributed by atoms with E-state index in [9.17, 15) is 9.59 Å². The molecule has 110 valence electrons. The number of hydrogen-bond donors (Lipinski definition) is 2. The van der Waals surface area contributed by atoms with Gasteiger partial charge < -0.3 is 15.3 Å². The summed E-state index contributed by atoms with van der Waals surface area (Å²) in [7, 11) is 0. The zero-order valence-corrected chi connectivity index (χ0v) is 12.2. The average molecular weight is 270 g/mol. The molecule has 19 heavy (non-hydrogen) atoms. The van der Waals surface area contributed by atoms with E-state index in [1.54, 1.807) is 6.92 Å². The highest BCUT2D eigenvalue weighted by Gasteiger charge is 2.23. The number of carboxylic acid groups (broad SMARTS) is 1. The van der Waals surface area contributed by atoms with Gasteiger partial charge in [0.2, 0.25) is 0 Å². The van der Waals surface area contributed by atoms with Crippen molar-refractivity contribution < 1.29 is 14.7 Å². The molecule has 2 N–H and O–H groups in total. The molecule has 0 aromatic heterocycles. The number of amides is 2. The van der Waals surface area contributed by atoms with Crippen molar-refractivity contribution >= 4 is 12.0 Å². The highest BCUT2D eigenvalue weighted by molar-refractivity contribution is 5.75. The molecular weight excluding hydrogens is 244 g/mol. The van der Waals surface area contributed by atoms with E-state index in [1.165, 1.54) is 6.42 Å². The number of aliphatic carboxylic acids is 1. The van der Waals surface area contributed by atoms with Gasteiger partial charge in [0.1, 0.15) is 0 Å². The van der Waals surface area contributed by atoms with Crippen LogP contribution in [0.5, 0.6) is 0 Å². The van der Waals surface area contributed by atoms with E-state index >= 15 is 0 Å². The number of urea groups is 1. The molecule has 0 aromatic rings. The quantitative estimate of drug-likeness (QED) is 0.823. The van der Waals surface area contributed by atoms with E-state index in [-0.39, 0.29) is 18.5 Å². The molecule has 5 heteroatoms. The predicted octanol–water partition coefficient (Wildman–Crippen LogP) is 2.32. The molecule has 5 nitrogen and oxygen atoms in total. The molecule has 1 fully saturated rings. The van der Waals surface area contributed by atoms with Gasteiger partial charge in [-0.2, -0.15) is 0 Å². The van der Waals surface area contributed by atoms with E-state index in [2.05, 4.69) is 19.2 Å². The highest BCUT2D eigenvalue weighted by atomic mass is 16.4. The van der Waals surface area contributed by atoms with Gasteiger partial charge in [-0.05, 0) is 38.0 Å². The van der Waals surface area contributed by atoms with E-state index in [1.807, 2.05) is 4.90 Å². The van der Waals surface area contributed by atoms with Crippen LogP contribution in [0.1, 0.15) is 46.5 Å². The second-order valence-corrected chi connectivity index (χ2v) is 5.87. The Balaban J connectivity index is 2.42. The number of carboxylic acids is 1. The molecule has 1 aliphatic heterocycles. The van der Waals surface area contributed by atoms with Crippen molar-refractivity contribution in [3.05, 3.63) is 0 Å². The maximum absolute atomic E-state index is 12.0. The minimum atomic E-state index is -0.886. The Morgan fingerprint density at radius 3 is 2.53 bits per heavy atom. The molecule has 0 aromatic carbocycles. The van der Waals surface area contributed by atoms with Crippen molar-refractivity contribution in [2.75, 3.05) is 13.1 Å². The van der Waals surface area contributed by atoms with Crippen LogP contribution in [0.3, 0.4) is 0 Å². The van der Waals surface area contributed by atoms with Gasteiger partial charge in [-0.25, -0.2) is 4.79 Å². The lowest BCUT2D eigenvalue weighted by atomic mass is 9.89. The predicted molar refractivity (Wildman–Crippen MR) is 74.0 cm³/mol. The lowest BCUT2D eigenvalue weighted by Gasteiger charge is -2.23. The van der Waals surface area contributed by atoms with E-state index < -0.39 is 5.97 Å². The normalized spacial score (nSPS) is 21.9. The first-order chi connectivity index (χ1) is 8.90. The maximum atomic E-state index is 12.0. The number of carbonyl (C=O) groups excluding carboxylic acids is 1. The summed E-state index contributed by atoms with van der Waals surface area (Å²) in [5.41, 5.74) is 0. The van der Waals surface area contributed by atoms with Gasteiger partial charge in [-0.1, -0.05) is 13.8 Å². The summed E-state index contributed by atoms with van der Waals surface area (Å²) < 4.78 is 0. The molecule has 0 saturated carbocycles. The fourth-order valence-corrected chi connectivity index (χ4v) is 2.61. The van der Waals surface area contributed by atoms with Gasteiger partial charge in [-0.15, -0.1) is 0 Å². The van der Waals surface area contributed by atoms with Gasteiger partial charge in [0.05, 0.1) is 6.42 Å². The molecule has 1 aliphatic rings. The number of hydrogen-bond acceptors (Lipinski definition) is 2. The Hall–Kier alpha value is -1.26. The molecule has 0 aliphatic carbocycles. The number of rotatable bonds is 4. The molecular formula is C14H26N2O3. The van der Waals surface area contributed by atoms with Crippen molar-refractivity contribution in [1.29, 1.82) is 0 Å². The maximum Gasteiger partial charge on any atom is 0.317 e. The fourth-order valence-electron chi connectivity index (χ4n) is 2.61. The standard InChI is InChI=1S/C14H26N2O3/c1-10(2)12-5-4-7-16(8-6-12)14(19)15-11(3)9-13(17)18/h10-12H,4-9H2,1-3H3,(H,15,19)(H,17,18). The Morgan fingerprint density at radius 2 is 1.95 bits per heavy atom. The van der Waals surface area contributed by atoms with Crippen molar-refractivity contribution in [2.45, 2.75) is 52.5 Å². The first-order valence-electron chi connectivity index (χ1n) is 7.17. The second kappa shape index (κ2) is 7.36. The molecule has 2 amide bonds. The van der Waals surface area contributed by atoms with Gasteiger partial charge in [0.15, 0.2) is 0 Å². The molecule has 2 atom stereocenters. The van der Waals surface area contributed by atoms with E-state index in [4.69, 9.17) is 5.11 Å². The average Bonchev–Trinajstić information content (AvgIpc) is 2.52. The van der Waals surface area contributed by atoms with Crippen LogP contribution in [0, 0.1) is 11.8 Å². The third kappa shape index (κ3) is 5.49. The van der Waals surface area contributed by atoms with Gasteiger partial charge in [0.25, 0.3) is 0 Å². The summed E-state index contributed by atoms with van der Waals surface area (Å²) in [6.45, 7) is 7.73. The zero-order chi connectivity index (χ0) is 14.4. The monoisotopic (exact) mass is 270 g/mol. The lowest BCUT2D eigenvalue weighted by Crippen LogP contribution is -2.44. The third-order valence-electron chi connectivity index (χ3n) is 3.85. The Labute approximate surface area is 115 Å². The molecule has 1 saturated heterocycles. The number of nitrogens with zero attached hydrogens (tertiary/aromatic N) is 1. The molecule has 0 spiro atoms. The smallest absolute Gasteiger partial charge is 0.317 e. The highest BCUT2D eigenvalue weighted by Crippen LogP contribution is 2.24. The zero-order valence-electron chi connectivity index (χ0n) is 12.2. The van der Waals surface area contributed by atoms with Crippen molar-refractivity contribution in [2.24, 2.45) is 11.8 Å². The van der Waals surface area contributed by atoms with Crippen molar-refractivity contribution in [1.82, 2.24) is 10.2 Å². The van der Waals surface area contributed by atoms with Crippen LogP contribution >= 0.6 is 0 Å². The summed E-state index contributed by atoms with van der Waals surface area (Å²) in [4.78, 5) is 24.4. The van der Waals surface area contributed by atoms with E-state index in [0.29, 0.717) is 11.8 Å².